The second-order valence-electron chi connectivity index (χ2n) is 5.67. The molecule has 5 heteroatoms. The predicted molar refractivity (Wildman–Crippen MR) is 85.7 cm³/mol. The molecule has 108 valence electrons. The van der Waals surface area contributed by atoms with E-state index in [2.05, 4.69) is 28.1 Å². The highest BCUT2D eigenvalue weighted by molar-refractivity contribution is 7.15. The molecule has 0 saturated carbocycles. The van der Waals surface area contributed by atoms with E-state index in [1.807, 2.05) is 30.1 Å². The maximum absolute atomic E-state index is 12.9. The van der Waals surface area contributed by atoms with Gasteiger partial charge >= 0.3 is 0 Å². The first-order chi connectivity index (χ1) is 10.2. The number of hydrogen-bond acceptors (Lipinski definition) is 4. The molecule has 4 nitrogen and oxygen atoms in total. The highest BCUT2D eigenvalue weighted by Crippen LogP contribution is 2.42. The number of amides is 1. The molecule has 2 aliphatic rings. The molecule has 1 saturated heterocycles. The molecule has 3 heterocycles. The molecule has 21 heavy (non-hydrogen) atoms. The van der Waals surface area contributed by atoms with Crippen molar-refractivity contribution in [2.24, 2.45) is 0 Å². The Kier molecular flexibility index (Phi) is 2.80. The van der Waals surface area contributed by atoms with Gasteiger partial charge in [-0.25, -0.2) is 0 Å². The van der Waals surface area contributed by atoms with Crippen LogP contribution in [-0.4, -0.2) is 36.6 Å². The monoisotopic (exact) mass is 299 g/mol. The summed E-state index contributed by atoms with van der Waals surface area (Å²) in [7, 11) is 1.90. The molecular formula is C16H17N3OS. The van der Waals surface area contributed by atoms with Gasteiger partial charge in [0.2, 0.25) is 0 Å². The van der Waals surface area contributed by atoms with Crippen LogP contribution in [0, 0.1) is 0 Å². The average Bonchev–Trinajstić information content (AvgIpc) is 3.14. The average molecular weight is 299 g/mol. The molecule has 4 rings (SSSR count). The van der Waals surface area contributed by atoms with Gasteiger partial charge in [-0.05, 0) is 12.1 Å². The van der Waals surface area contributed by atoms with Crippen molar-refractivity contribution in [3.05, 3.63) is 41.3 Å². The minimum atomic E-state index is -0.261. The normalized spacial score (nSPS) is 24.2. The molecule has 0 bridgehead atoms. The van der Waals surface area contributed by atoms with Gasteiger partial charge in [0, 0.05) is 31.0 Å². The fourth-order valence-electron chi connectivity index (χ4n) is 3.22. The van der Waals surface area contributed by atoms with Crippen molar-refractivity contribution in [3.8, 4) is 11.1 Å². The Morgan fingerprint density at radius 3 is 2.81 bits per heavy atom. The Balaban J connectivity index is 1.82. The Morgan fingerprint density at radius 1 is 1.29 bits per heavy atom. The standard InChI is InChI=1S/C16H17N3OS/c1-19-15(20)13-12(11-5-3-2-4-6-11)9-21-14(13)18-16(19)7-8-17-10-16/h2-6,9,17-18H,7-8,10H2,1H3. The fourth-order valence-corrected chi connectivity index (χ4v) is 4.28. The Hall–Kier alpha value is -1.85. The van der Waals surface area contributed by atoms with Crippen LogP contribution in [0.4, 0.5) is 5.00 Å². The minimum absolute atomic E-state index is 0.118. The van der Waals surface area contributed by atoms with E-state index in [0.29, 0.717) is 0 Å². The summed E-state index contributed by atoms with van der Waals surface area (Å²) in [5.74, 6) is 0.118. The molecule has 1 fully saturated rings. The van der Waals surface area contributed by atoms with Crippen molar-refractivity contribution in [1.29, 1.82) is 0 Å². The minimum Gasteiger partial charge on any atom is -0.353 e. The van der Waals surface area contributed by atoms with Gasteiger partial charge in [0.15, 0.2) is 0 Å². The van der Waals surface area contributed by atoms with Crippen LogP contribution in [0.15, 0.2) is 35.7 Å². The largest absolute Gasteiger partial charge is 0.353 e. The number of fused-ring (bicyclic) bond motifs is 1. The molecule has 1 amide bonds. The smallest absolute Gasteiger partial charge is 0.259 e. The molecule has 2 aliphatic heterocycles. The SMILES string of the molecule is CN1C(=O)c2c(-c3ccccc3)csc2NC12CCNC2. The number of rotatable bonds is 1. The van der Waals surface area contributed by atoms with Crippen LogP contribution in [0.3, 0.4) is 0 Å². The van der Waals surface area contributed by atoms with E-state index in [1.165, 1.54) is 0 Å². The lowest BCUT2D eigenvalue weighted by atomic mass is 9.98. The highest BCUT2D eigenvalue weighted by Gasteiger charge is 2.46. The number of nitrogens with one attached hydrogen (secondary N) is 2. The summed E-state index contributed by atoms with van der Waals surface area (Å²) in [6, 6.07) is 10.1. The van der Waals surface area contributed by atoms with Gasteiger partial charge in [0.1, 0.15) is 10.7 Å². The lowest BCUT2D eigenvalue weighted by Crippen LogP contribution is -2.59. The van der Waals surface area contributed by atoms with E-state index in [4.69, 9.17) is 0 Å². The van der Waals surface area contributed by atoms with Crippen LogP contribution in [0.5, 0.6) is 0 Å². The highest BCUT2D eigenvalue weighted by atomic mass is 32.1. The van der Waals surface area contributed by atoms with Crippen LogP contribution in [-0.2, 0) is 0 Å². The van der Waals surface area contributed by atoms with E-state index in [0.717, 1.165) is 41.2 Å². The van der Waals surface area contributed by atoms with E-state index >= 15 is 0 Å². The van der Waals surface area contributed by atoms with Crippen LogP contribution in [0.2, 0.25) is 0 Å². The van der Waals surface area contributed by atoms with Gasteiger partial charge in [-0.2, -0.15) is 0 Å². The maximum Gasteiger partial charge on any atom is 0.259 e. The first kappa shape index (κ1) is 12.9. The van der Waals surface area contributed by atoms with Crippen LogP contribution in [0.1, 0.15) is 16.8 Å². The number of nitrogens with zero attached hydrogens (tertiary/aromatic N) is 1. The predicted octanol–water partition coefficient (Wildman–Crippen LogP) is 2.60. The fraction of sp³-hybridized carbons (Fsp3) is 0.312. The van der Waals surface area contributed by atoms with Crippen molar-refractivity contribution in [3.63, 3.8) is 0 Å². The van der Waals surface area contributed by atoms with Crippen molar-refractivity contribution in [2.45, 2.75) is 12.1 Å². The summed E-state index contributed by atoms with van der Waals surface area (Å²) < 4.78 is 0. The van der Waals surface area contributed by atoms with Gasteiger partial charge in [-0.1, -0.05) is 30.3 Å². The third-order valence-corrected chi connectivity index (χ3v) is 5.41. The molecule has 0 radical (unpaired) electrons. The topological polar surface area (TPSA) is 44.4 Å². The zero-order chi connectivity index (χ0) is 14.4. The number of benzene rings is 1. The van der Waals surface area contributed by atoms with E-state index in [9.17, 15) is 4.79 Å². The second-order valence-corrected chi connectivity index (χ2v) is 6.55. The summed E-state index contributed by atoms with van der Waals surface area (Å²) in [5.41, 5.74) is 2.68. The van der Waals surface area contributed by atoms with Crippen molar-refractivity contribution >= 4 is 22.2 Å². The number of likely N-dealkylation sites (N-methyl/N-ethyl adjacent to an activating group) is 1. The van der Waals surface area contributed by atoms with E-state index < -0.39 is 0 Å². The first-order valence-electron chi connectivity index (χ1n) is 7.15. The quantitative estimate of drug-likeness (QED) is 0.851. The molecule has 1 atom stereocenters. The number of anilines is 1. The lowest BCUT2D eigenvalue weighted by molar-refractivity contribution is 0.0625. The number of thiophene rings is 1. The Morgan fingerprint density at radius 2 is 2.10 bits per heavy atom. The van der Waals surface area contributed by atoms with Crippen molar-refractivity contribution < 1.29 is 4.79 Å². The van der Waals surface area contributed by atoms with Gasteiger partial charge in [-0.3, -0.25) is 4.79 Å². The van der Waals surface area contributed by atoms with Crippen LogP contribution >= 0.6 is 11.3 Å². The third kappa shape index (κ3) is 1.81. The molecule has 2 aromatic rings. The second kappa shape index (κ2) is 4.58. The van der Waals surface area contributed by atoms with E-state index in [1.54, 1.807) is 11.3 Å². The molecule has 0 aliphatic carbocycles. The van der Waals surface area contributed by atoms with Crippen LogP contribution < -0.4 is 10.6 Å². The molecule has 1 aromatic carbocycles. The summed E-state index contributed by atoms with van der Waals surface area (Å²) in [6.45, 7) is 1.74. The van der Waals surface area contributed by atoms with Gasteiger partial charge in [-0.15, -0.1) is 11.3 Å². The maximum atomic E-state index is 12.9. The number of carbonyl (C=O) groups is 1. The molecule has 2 N–H and O–H groups in total. The van der Waals surface area contributed by atoms with Crippen molar-refractivity contribution in [1.82, 2.24) is 10.2 Å². The third-order valence-electron chi connectivity index (χ3n) is 4.52. The Labute approximate surface area is 127 Å². The zero-order valence-corrected chi connectivity index (χ0v) is 12.7. The molecular weight excluding hydrogens is 282 g/mol. The van der Waals surface area contributed by atoms with Gasteiger partial charge in [0.25, 0.3) is 5.91 Å². The molecule has 1 spiro atoms. The Bertz CT molecular complexity index is 689. The summed E-state index contributed by atoms with van der Waals surface area (Å²) in [6.07, 6.45) is 0.938. The van der Waals surface area contributed by atoms with Crippen LogP contribution in [0.25, 0.3) is 11.1 Å². The molecule has 1 unspecified atom stereocenters. The van der Waals surface area contributed by atoms with E-state index in [-0.39, 0.29) is 11.6 Å². The summed E-state index contributed by atoms with van der Waals surface area (Å²) in [5, 5.41) is 10.0. The van der Waals surface area contributed by atoms with Gasteiger partial charge < -0.3 is 15.5 Å². The summed E-state index contributed by atoms with van der Waals surface area (Å²) in [4.78, 5) is 14.8. The number of carbonyl (C=O) groups excluding carboxylic acids is 1. The van der Waals surface area contributed by atoms with Crippen molar-refractivity contribution in [2.75, 3.05) is 25.5 Å². The first-order valence-corrected chi connectivity index (χ1v) is 8.03. The number of hydrogen-bond donors (Lipinski definition) is 2. The molecule has 1 aromatic heterocycles. The summed E-state index contributed by atoms with van der Waals surface area (Å²) >= 11 is 1.63. The lowest BCUT2D eigenvalue weighted by Gasteiger charge is -2.43. The van der Waals surface area contributed by atoms with Gasteiger partial charge in [0.05, 0.1) is 5.56 Å². The zero-order valence-electron chi connectivity index (χ0n) is 11.8.